The Kier molecular flexibility index (Phi) is 7.12. The molecular weight excluding hydrogens is 458 g/mol. The summed E-state index contributed by atoms with van der Waals surface area (Å²) in [6, 6.07) is 9.48. The Morgan fingerprint density at radius 3 is 2.68 bits per heavy atom. The lowest BCUT2D eigenvalue weighted by Gasteiger charge is -2.28. The molecule has 0 atom stereocenters. The Labute approximate surface area is 201 Å². The van der Waals surface area contributed by atoms with Crippen molar-refractivity contribution in [2.75, 3.05) is 24.5 Å². The van der Waals surface area contributed by atoms with E-state index < -0.39 is 4.92 Å². The molecule has 0 radical (unpaired) electrons. The number of piperidine rings is 1. The maximum Gasteiger partial charge on any atom is 0.293 e. The van der Waals surface area contributed by atoms with Crippen LogP contribution in [0.25, 0.3) is 10.9 Å². The average Bonchev–Trinajstić information content (AvgIpc) is 2.83. The Bertz CT molecular complexity index is 1290. The third-order valence-electron chi connectivity index (χ3n) is 5.95. The Morgan fingerprint density at radius 2 is 1.97 bits per heavy atom. The van der Waals surface area contributed by atoms with Gasteiger partial charge < -0.3 is 14.8 Å². The highest BCUT2D eigenvalue weighted by Crippen LogP contribution is 2.32. The lowest BCUT2D eigenvalue weighted by atomic mass is 10.1. The molecule has 2 aromatic carbocycles. The van der Waals surface area contributed by atoms with Crippen LogP contribution in [0.3, 0.4) is 0 Å². The summed E-state index contributed by atoms with van der Waals surface area (Å²) in [4.78, 5) is 47.9. The number of rotatable bonds is 7. The second-order valence-electron chi connectivity index (χ2n) is 8.41. The van der Waals surface area contributed by atoms with Crippen LogP contribution in [0.2, 0.25) is 5.02 Å². The molecule has 3 aromatic rings. The first-order valence-electron chi connectivity index (χ1n) is 11.4. The van der Waals surface area contributed by atoms with Crippen LogP contribution in [0.5, 0.6) is 0 Å². The molecule has 2 heterocycles. The van der Waals surface area contributed by atoms with E-state index in [1.807, 2.05) is 11.8 Å². The van der Waals surface area contributed by atoms with Gasteiger partial charge in [-0.3, -0.25) is 19.7 Å². The molecule has 0 bridgehead atoms. The number of carbonyl (C=O) groups is 1. The molecule has 0 spiro atoms. The third-order valence-corrected chi connectivity index (χ3v) is 6.19. The van der Waals surface area contributed by atoms with E-state index in [1.165, 1.54) is 11.0 Å². The molecule has 10 heteroatoms. The van der Waals surface area contributed by atoms with Gasteiger partial charge in [-0.1, -0.05) is 18.5 Å². The third kappa shape index (κ3) is 5.04. The van der Waals surface area contributed by atoms with Crippen LogP contribution in [0.15, 0.2) is 41.2 Å². The minimum atomic E-state index is -0.434. The summed E-state index contributed by atoms with van der Waals surface area (Å²) in [7, 11) is 0. The molecule has 1 amide bonds. The zero-order valence-corrected chi connectivity index (χ0v) is 19.7. The van der Waals surface area contributed by atoms with E-state index in [-0.39, 0.29) is 29.3 Å². The maximum absolute atomic E-state index is 13.4. The van der Waals surface area contributed by atoms with Gasteiger partial charge in [-0.2, -0.15) is 0 Å². The number of aromatic amines is 1. The summed E-state index contributed by atoms with van der Waals surface area (Å²) in [5, 5.41) is 12.7. The Hall–Kier alpha value is -3.46. The number of halogens is 1. The number of aromatic nitrogens is 2. The van der Waals surface area contributed by atoms with Gasteiger partial charge in [0.15, 0.2) is 0 Å². The van der Waals surface area contributed by atoms with Crippen LogP contribution < -0.4 is 10.5 Å². The lowest BCUT2D eigenvalue weighted by Crippen LogP contribution is -2.33. The van der Waals surface area contributed by atoms with E-state index in [0.717, 1.165) is 32.4 Å². The van der Waals surface area contributed by atoms with E-state index in [9.17, 15) is 19.7 Å². The van der Waals surface area contributed by atoms with Crippen LogP contribution in [-0.2, 0) is 6.54 Å². The van der Waals surface area contributed by atoms with Gasteiger partial charge in [-0.25, -0.2) is 4.98 Å². The van der Waals surface area contributed by atoms with Crippen molar-refractivity contribution in [1.29, 1.82) is 0 Å². The molecule has 34 heavy (non-hydrogen) atoms. The SMILES string of the molecule is CCCN(Cc1nc2cc(Cl)ccc2c(=O)[nH]1)C(=O)c1ccc(N2CCCCC2)c([N+](=O)[O-])c1. The smallest absolute Gasteiger partial charge is 0.293 e. The van der Waals surface area contributed by atoms with Crippen molar-refractivity contribution in [3.63, 3.8) is 0 Å². The number of nitrogens with one attached hydrogen (secondary N) is 1. The molecule has 1 N–H and O–H groups in total. The first kappa shape index (κ1) is 23.7. The molecular formula is C24H26ClN5O4. The minimum absolute atomic E-state index is 0.0615. The quantitative estimate of drug-likeness (QED) is 0.390. The summed E-state index contributed by atoms with van der Waals surface area (Å²) >= 11 is 6.04. The fraction of sp³-hybridized carbons (Fsp3) is 0.375. The van der Waals surface area contributed by atoms with Crippen molar-refractivity contribution in [2.24, 2.45) is 0 Å². The van der Waals surface area contributed by atoms with Crippen molar-refractivity contribution in [2.45, 2.75) is 39.2 Å². The van der Waals surface area contributed by atoms with Gasteiger partial charge in [0.05, 0.1) is 22.4 Å². The number of hydrogen-bond acceptors (Lipinski definition) is 6. The van der Waals surface area contributed by atoms with Crippen LogP contribution in [0.1, 0.15) is 48.8 Å². The molecule has 0 aliphatic carbocycles. The largest absolute Gasteiger partial charge is 0.366 e. The van der Waals surface area contributed by atoms with Gasteiger partial charge in [0.25, 0.3) is 17.2 Å². The maximum atomic E-state index is 13.4. The highest BCUT2D eigenvalue weighted by molar-refractivity contribution is 6.31. The average molecular weight is 484 g/mol. The summed E-state index contributed by atoms with van der Waals surface area (Å²) in [6.45, 7) is 3.92. The second-order valence-corrected chi connectivity index (χ2v) is 8.85. The fourth-order valence-electron chi connectivity index (χ4n) is 4.33. The van der Waals surface area contributed by atoms with Crippen molar-refractivity contribution in [3.05, 3.63) is 73.3 Å². The van der Waals surface area contributed by atoms with Crippen molar-refractivity contribution in [3.8, 4) is 0 Å². The van der Waals surface area contributed by atoms with Gasteiger partial charge in [0.2, 0.25) is 0 Å². The number of nitrogens with zero attached hydrogens (tertiary/aromatic N) is 4. The topological polar surface area (TPSA) is 112 Å². The molecule has 178 valence electrons. The van der Waals surface area contributed by atoms with Gasteiger partial charge in [-0.05, 0) is 56.0 Å². The van der Waals surface area contributed by atoms with E-state index in [1.54, 1.807) is 30.3 Å². The van der Waals surface area contributed by atoms with Gasteiger partial charge in [-0.15, -0.1) is 0 Å². The summed E-state index contributed by atoms with van der Waals surface area (Å²) in [6.07, 6.45) is 3.77. The van der Waals surface area contributed by atoms with Crippen LogP contribution >= 0.6 is 11.6 Å². The lowest BCUT2D eigenvalue weighted by molar-refractivity contribution is -0.384. The van der Waals surface area contributed by atoms with Gasteiger partial charge >= 0.3 is 0 Å². The first-order chi connectivity index (χ1) is 16.4. The standard InChI is InChI=1S/C24H26ClN5O4/c1-2-10-29(15-22-26-19-14-17(25)7-8-18(19)23(31)27-22)24(32)16-6-9-20(21(13-16)30(33)34)28-11-4-3-5-12-28/h6-9,13-14H,2-5,10-12,15H2,1H3,(H,26,27,31). The molecule has 1 aromatic heterocycles. The van der Waals surface area contributed by atoms with Gasteiger partial charge in [0.1, 0.15) is 11.5 Å². The van der Waals surface area contributed by atoms with E-state index in [0.29, 0.717) is 40.4 Å². The molecule has 1 aliphatic heterocycles. The fourth-order valence-corrected chi connectivity index (χ4v) is 4.49. The molecule has 1 aliphatic rings. The monoisotopic (exact) mass is 483 g/mol. The number of amides is 1. The zero-order valence-electron chi connectivity index (χ0n) is 18.9. The minimum Gasteiger partial charge on any atom is -0.366 e. The summed E-state index contributed by atoms with van der Waals surface area (Å²) < 4.78 is 0. The molecule has 1 fully saturated rings. The number of carbonyl (C=O) groups excluding carboxylic acids is 1. The van der Waals surface area contributed by atoms with E-state index in [2.05, 4.69) is 9.97 Å². The predicted molar refractivity (Wildman–Crippen MR) is 132 cm³/mol. The summed E-state index contributed by atoms with van der Waals surface area (Å²) in [5.41, 5.74) is 0.822. The number of anilines is 1. The number of nitro benzene ring substituents is 1. The molecule has 1 saturated heterocycles. The first-order valence-corrected chi connectivity index (χ1v) is 11.8. The Morgan fingerprint density at radius 1 is 1.21 bits per heavy atom. The number of nitro groups is 1. The molecule has 0 saturated carbocycles. The van der Waals surface area contributed by atoms with Crippen molar-refractivity contribution < 1.29 is 9.72 Å². The Balaban J connectivity index is 1.64. The van der Waals surface area contributed by atoms with Crippen molar-refractivity contribution >= 4 is 39.8 Å². The number of hydrogen-bond donors (Lipinski definition) is 1. The molecule has 0 unspecified atom stereocenters. The second kappa shape index (κ2) is 10.2. The highest BCUT2D eigenvalue weighted by Gasteiger charge is 2.25. The van der Waals surface area contributed by atoms with Crippen LogP contribution in [0.4, 0.5) is 11.4 Å². The molecule has 4 rings (SSSR count). The number of H-pyrrole nitrogens is 1. The van der Waals surface area contributed by atoms with Gasteiger partial charge in [0, 0.05) is 36.3 Å². The predicted octanol–water partition coefficient (Wildman–Crippen LogP) is 4.53. The number of fused-ring (bicyclic) bond motifs is 1. The normalized spacial score (nSPS) is 13.8. The highest BCUT2D eigenvalue weighted by atomic mass is 35.5. The van der Waals surface area contributed by atoms with Crippen LogP contribution in [-0.4, -0.2) is 45.3 Å². The summed E-state index contributed by atoms with van der Waals surface area (Å²) in [5.74, 6) is -0.0370. The number of benzene rings is 2. The van der Waals surface area contributed by atoms with Crippen molar-refractivity contribution in [1.82, 2.24) is 14.9 Å². The molecule has 9 nitrogen and oxygen atoms in total. The van der Waals surface area contributed by atoms with E-state index in [4.69, 9.17) is 11.6 Å². The van der Waals surface area contributed by atoms with Crippen LogP contribution in [0, 0.1) is 10.1 Å². The zero-order chi connectivity index (χ0) is 24.2. The van der Waals surface area contributed by atoms with E-state index >= 15 is 0 Å².